The zero-order chi connectivity index (χ0) is 15.1. The zero-order valence-electron chi connectivity index (χ0n) is 12.2. The molecule has 1 amide bonds. The molecule has 0 fully saturated rings. The number of ether oxygens (including phenoxy) is 1. The molecule has 0 saturated carbocycles. The summed E-state index contributed by atoms with van der Waals surface area (Å²) in [6.45, 7) is 5.99. The second-order valence-corrected chi connectivity index (χ2v) is 5.12. The number of anilines is 1. The molecule has 0 heterocycles. The molecule has 0 saturated heterocycles. The van der Waals surface area contributed by atoms with Gasteiger partial charge in [0.15, 0.2) is 0 Å². The summed E-state index contributed by atoms with van der Waals surface area (Å²) in [5, 5.41) is 2.77. The highest BCUT2D eigenvalue weighted by Gasteiger charge is 2.10. The standard InChI is InChI=1S/C15H22N2O3/c1-10(2)20-15(19)12-4-6-13(7-5-12)17-14(18)8-11(3)9-16/h4-7,10-11H,8-9,16H2,1-3H3,(H,17,18). The molecular formula is C15H22N2O3. The highest BCUT2D eigenvalue weighted by Crippen LogP contribution is 2.12. The molecule has 1 unspecified atom stereocenters. The molecular weight excluding hydrogens is 256 g/mol. The third-order valence-corrected chi connectivity index (χ3v) is 2.68. The highest BCUT2D eigenvalue weighted by atomic mass is 16.5. The highest BCUT2D eigenvalue weighted by molar-refractivity contribution is 5.93. The second-order valence-electron chi connectivity index (χ2n) is 5.12. The lowest BCUT2D eigenvalue weighted by atomic mass is 10.1. The van der Waals surface area contributed by atoms with Crippen molar-refractivity contribution in [1.29, 1.82) is 0 Å². The molecule has 0 spiro atoms. The van der Waals surface area contributed by atoms with Gasteiger partial charge in [-0.15, -0.1) is 0 Å². The van der Waals surface area contributed by atoms with Crippen LogP contribution in [0.15, 0.2) is 24.3 Å². The Morgan fingerprint density at radius 2 is 1.80 bits per heavy atom. The van der Waals surface area contributed by atoms with E-state index in [1.165, 1.54) is 0 Å². The number of rotatable bonds is 6. The van der Waals surface area contributed by atoms with Crippen LogP contribution in [0.5, 0.6) is 0 Å². The molecule has 20 heavy (non-hydrogen) atoms. The predicted octanol–water partition coefficient (Wildman–Crippen LogP) is 2.18. The van der Waals surface area contributed by atoms with E-state index in [4.69, 9.17) is 10.5 Å². The molecule has 1 atom stereocenters. The number of amides is 1. The molecule has 0 aromatic heterocycles. The van der Waals surface area contributed by atoms with Gasteiger partial charge in [-0.1, -0.05) is 6.92 Å². The lowest BCUT2D eigenvalue weighted by Crippen LogP contribution is -2.20. The van der Waals surface area contributed by atoms with Crippen molar-refractivity contribution < 1.29 is 14.3 Å². The topological polar surface area (TPSA) is 81.4 Å². The van der Waals surface area contributed by atoms with Gasteiger partial charge in [-0.3, -0.25) is 4.79 Å². The number of carbonyl (C=O) groups excluding carboxylic acids is 2. The first-order chi connectivity index (χ1) is 9.42. The summed E-state index contributed by atoms with van der Waals surface area (Å²) in [5.74, 6) is -0.301. The molecule has 5 nitrogen and oxygen atoms in total. The van der Waals surface area contributed by atoms with Crippen LogP contribution < -0.4 is 11.1 Å². The first-order valence-corrected chi connectivity index (χ1v) is 6.73. The zero-order valence-corrected chi connectivity index (χ0v) is 12.2. The molecule has 0 radical (unpaired) electrons. The third-order valence-electron chi connectivity index (χ3n) is 2.68. The first kappa shape index (κ1) is 16.2. The molecule has 0 aliphatic rings. The SMILES string of the molecule is CC(CN)CC(=O)Nc1ccc(C(=O)OC(C)C)cc1. The average molecular weight is 278 g/mol. The summed E-state index contributed by atoms with van der Waals surface area (Å²) in [4.78, 5) is 23.3. The smallest absolute Gasteiger partial charge is 0.338 e. The maximum absolute atomic E-state index is 11.7. The Kier molecular flexibility index (Phi) is 6.18. The van der Waals surface area contributed by atoms with Crippen LogP contribution in [0.4, 0.5) is 5.69 Å². The van der Waals surface area contributed by atoms with Gasteiger partial charge in [-0.2, -0.15) is 0 Å². The van der Waals surface area contributed by atoms with Gasteiger partial charge in [0.25, 0.3) is 0 Å². The van der Waals surface area contributed by atoms with E-state index in [1.807, 2.05) is 6.92 Å². The van der Waals surface area contributed by atoms with Crippen molar-refractivity contribution in [2.24, 2.45) is 11.7 Å². The average Bonchev–Trinajstić information content (AvgIpc) is 2.38. The Bertz CT molecular complexity index is 455. The van der Waals surface area contributed by atoms with Crippen molar-refractivity contribution in [2.45, 2.75) is 33.3 Å². The fourth-order valence-electron chi connectivity index (χ4n) is 1.58. The molecule has 3 N–H and O–H groups in total. The molecule has 0 aliphatic heterocycles. The van der Waals surface area contributed by atoms with Gasteiger partial charge < -0.3 is 15.8 Å². The van der Waals surface area contributed by atoms with Gasteiger partial charge in [0, 0.05) is 12.1 Å². The van der Waals surface area contributed by atoms with Crippen LogP contribution in [0.3, 0.4) is 0 Å². The van der Waals surface area contributed by atoms with Crippen LogP contribution >= 0.6 is 0 Å². The first-order valence-electron chi connectivity index (χ1n) is 6.73. The van der Waals surface area contributed by atoms with Crippen LogP contribution in [0.2, 0.25) is 0 Å². The number of esters is 1. The van der Waals surface area contributed by atoms with E-state index in [0.29, 0.717) is 24.2 Å². The fraction of sp³-hybridized carbons (Fsp3) is 0.467. The van der Waals surface area contributed by atoms with Crippen molar-refractivity contribution in [1.82, 2.24) is 0 Å². The van der Waals surface area contributed by atoms with Gasteiger partial charge in [0.2, 0.25) is 5.91 Å². The number of nitrogens with two attached hydrogens (primary N) is 1. The van der Waals surface area contributed by atoms with Gasteiger partial charge in [-0.25, -0.2) is 4.79 Å². The molecule has 1 aromatic rings. The van der Waals surface area contributed by atoms with E-state index in [1.54, 1.807) is 38.1 Å². The lowest BCUT2D eigenvalue weighted by molar-refractivity contribution is -0.116. The summed E-state index contributed by atoms with van der Waals surface area (Å²) in [6, 6.07) is 6.63. The van der Waals surface area contributed by atoms with Gasteiger partial charge in [0.05, 0.1) is 11.7 Å². The minimum absolute atomic E-state index is 0.0829. The molecule has 0 aliphatic carbocycles. The van der Waals surface area contributed by atoms with Gasteiger partial charge in [-0.05, 0) is 50.6 Å². The summed E-state index contributed by atoms with van der Waals surface area (Å²) in [6.07, 6.45) is 0.229. The van der Waals surface area contributed by atoms with E-state index >= 15 is 0 Å². The van der Waals surface area contributed by atoms with Crippen molar-refractivity contribution in [3.05, 3.63) is 29.8 Å². The second kappa shape index (κ2) is 7.65. The monoisotopic (exact) mass is 278 g/mol. The van der Waals surface area contributed by atoms with Crippen molar-refractivity contribution in [3.8, 4) is 0 Å². The van der Waals surface area contributed by atoms with E-state index in [2.05, 4.69) is 5.32 Å². The Hall–Kier alpha value is -1.88. The molecule has 1 rings (SSSR count). The van der Waals surface area contributed by atoms with E-state index in [0.717, 1.165) is 0 Å². The van der Waals surface area contributed by atoms with E-state index in [9.17, 15) is 9.59 Å². The molecule has 110 valence electrons. The number of hydrogen-bond acceptors (Lipinski definition) is 4. The Balaban J connectivity index is 2.58. The Morgan fingerprint density at radius 1 is 1.20 bits per heavy atom. The van der Waals surface area contributed by atoms with Crippen molar-refractivity contribution in [3.63, 3.8) is 0 Å². The fourth-order valence-corrected chi connectivity index (χ4v) is 1.58. The van der Waals surface area contributed by atoms with Crippen LogP contribution in [-0.4, -0.2) is 24.5 Å². The third kappa shape index (κ3) is 5.40. The van der Waals surface area contributed by atoms with Crippen molar-refractivity contribution >= 4 is 17.6 Å². The van der Waals surface area contributed by atoms with Crippen LogP contribution in [-0.2, 0) is 9.53 Å². The van der Waals surface area contributed by atoms with Crippen LogP contribution in [0.1, 0.15) is 37.6 Å². The summed E-state index contributed by atoms with van der Waals surface area (Å²) >= 11 is 0. The predicted molar refractivity (Wildman–Crippen MR) is 78.5 cm³/mol. The van der Waals surface area contributed by atoms with Gasteiger partial charge in [0.1, 0.15) is 0 Å². The minimum atomic E-state index is -0.366. The maximum atomic E-state index is 11.7. The van der Waals surface area contributed by atoms with Crippen LogP contribution in [0, 0.1) is 5.92 Å². The maximum Gasteiger partial charge on any atom is 0.338 e. The number of hydrogen-bond donors (Lipinski definition) is 2. The normalized spacial score (nSPS) is 12.1. The number of nitrogens with one attached hydrogen (secondary N) is 1. The summed E-state index contributed by atoms with van der Waals surface area (Å²) < 4.78 is 5.08. The Labute approximate surface area is 119 Å². The number of benzene rings is 1. The quantitative estimate of drug-likeness (QED) is 0.781. The van der Waals surface area contributed by atoms with Crippen molar-refractivity contribution in [2.75, 3.05) is 11.9 Å². The molecule has 1 aromatic carbocycles. The number of carbonyl (C=O) groups is 2. The molecule has 0 bridgehead atoms. The van der Waals surface area contributed by atoms with E-state index in [-0.39, 0.29) is 23.9 Å². The minimum Gasteiger partial charge on any atom is -0.459 e. The van der Waals surface area contributed by atoms with E-state index < -0.39 is 0 Å². The lowest BCUT2D eigenvalue weighted by Gasteiger charge is -2.10. The van der Waals surface area contributed by atoms with Gasteiger partial charge >= 0.3 is 5.97 Å². The summed E-state index contributed by atoms with van der Waals surface area (Å²) in [7, 11) is 0. The summed E-state index contributed by atoms with van der Waals surface area (Å²) in [5.41, 5.74) is 6.59. The largest absolute Gasteiger partial charge is 0.459 e. The van der Waals surface area contributed by atoms with Crippen LogP contribution in [0.25, 0.3) is 0 Å². The Morgan fingerprint density at radius 3 is 2.30 bits per heavy atom. The molecule has 5 heteroatoms.